The molecule has 21 heavy (non-hydrogen) atoms. The predicted octanol–water partition coefficient (Wildman–Crippen LogP) is 3.67. The highest BCUT2D eigenvalue weighted by atomic mass is 32.1. The first-order valence-electron chi connectivity index (χ1n) is 6.83. The van der Waals surface area contributed by atoms with Crippen molar-refractivity contribution in [2.24, 2.45) is 0 Å². The SMILES string of the molecule is CCC(Oc1ccc(C)c(F)c1)C(=O)NCc1cccs1. The lowest BCUT2D eigenvalue weighted by Gasteiger charge is -2.17. The zero-order valence-electron chi connectivity index (χ0n) is 12.1. The third-order valence-corrected chi connectivity index (χ3v) is 3.98. The Morgan fingerprint density at radius 2 is 2.24 bits per heavy atom. The molecule has 0 aliphatic rings. The van der Waals surface area contributed by atoms with Crippen molar-refractivity contribution in [3.8, 4) is 5.75 Å². The van der Waals surface area contributed by atoms with E-state index in [1.54, 1.807) is 30.4 Å². The van der Waals surface area contributed by atoms with Crippen LogP contribution in [0.5, 0.6) is 5.75 Å². The molecule has 112 valence electrons. The lowest BCUT2D eigenvalue weighted by atomic mass is 10.2. The fourth-order valence-electron chi connectivity index (χ4n) is 1.83. The number of hydrogen-bond donors (Lipinski definition) is 1. The van der Waals surface area contributed by atoms with Crippen LogP contribution in [0.4, 0.5) is 4.39 Å². The summed E-state index contributed by atoms with van der Waals surface area (Å²) in [7, 11) is 0. The molecule has 5 heteroatoms. The number of amides is 1. The number of ether oxygens (including phenoxy) is 1. The van der Waals surface area contributed by atoms with Crippen molar-refractivity contribution in [2.45, 2.75) is 32.9 Å². The van der Waals surface area contributed by atoms with Gasteiger partial charge in [0.25, 0.3) is 5.91 Å². The fraction of sp³-hybridized carbons (Fsp3) is 0.312. The van der Waals surface area contributed by atoms with Crippen LogP contribution in [-0.2, 0) is 11.3 Å². The Labute approximate surface area is 127 Å². The summed E-state index contributed by atoms with van der Waals surface area (Å²) in [6.45, 7) is 4.03. The lowest BCUT2D eigenvalue weighted by Crippen LogP contribution is -2.37. The summed E-state index contributed by atoms with van der Waals surface area (Å²) in [5.74, 6) is -0.149. The summed E-state index contributed by atoms with van der Waals surface area (Å²) in [4.78, 5) is 13.2. The van der Waals surface area contributed by atoms with E-state index < -0.39 is 6.10 Å². The summed E-state index contributed by atoms with van der Waals surface area (Å²) in [5, 5.41) is 4.80. The Bertz CT molecular complexity index is 598. The topological polar surface area (TPSA) is 38.3 Å². The van der Waals surface area contributed by atoms with Crippen molar-refractivity contribution in [3.05, 3.63) is 52.0 Å². The minimum Gasteiger partial charge on any atom is -0.481 e. The summed E-state index contributed by atoms with van der Waals surface area (Å²) in [5.41, 5.74) is 0.553. The molecule has 1 aromatic heterocycles. The third kappa shape index (κ3) is 4.29. The molecule has 0 saturated carbocycles. The van der Waals surface area contributed by atoms with E-state index in [-0.39, 0.29) is 11.7 Å². The summed E-state index contributed by atoms with van der Waals surface area (Å²) >= 11 is 1.59. The maximum Gasteiger partial charge on any atom is 0.261 e. The van der Waals surface area contributed by atoms with Gasteiger partial charge in [0, 0.05) is 10.9 Å². The second-order valence-corrected chi connectivity index (χ2v) is 5.76. The highest BCUT2D eigenvalue weighted by Crippen LogP contribution is 2.18. The second-order valence-electron chi connectivity index (χ2n) is 4.72. The Balaban J connectivity index is 1.95. The van der Waals surface area contributed by atoms with E-state index in [2.05, 4.69) is 5.32 Å². The van der Waals surface area contributed by atoms with Gasteiger partial charge in [0.15, 0.2) is 6.10 Å². The Morgan fingerprint density at radius 1 is 1.43 bits per heavy atom. The Hall–Kier alpha value is -1.88. The highest BCUT2D eigenvalue weighted by Gasteiger charge is 2.18. The maximum atomic E-state index is 13.5. The number of carbonyl (C=O) groups is 1. The van der Waals surface area contributed by atoms with Gasteiger partial charge < -0.3 is 10.1 Å². The van der Waals surface area contributed by atoms with E-state index in [9.17, 15) is 9.18 Å². The van der Waals surface area contributed by atoms with E-state index in [1.807, 2.05) is 24.4 Å². The molecule has 1 amide bonds. The van der Waals surface area contributed by atoms with Gasteiger partial charge in [-0.05, 0) is 36.4 Å². The Morgan fingerprint density at radius 3 is 2.86 bits per heavy atom. The maximum absolute atomic E-state index is 13.5. The normalized spacial score (nSPS) is 12.0. The highest BCUT2D eigenvalue weighted by molar-refractivity contribution is 7.09. The molecule has 1 heterocycles. The molecule has 1 atom stereocenters. The van der Waals surface area contributed by atoms with Crippen LogP contribution < -0.4 is 10.1 Å². The molecule has 3 nitrogen and oxygen atoms in total. The van der Waals surface area contributed by atoms with Gasteiger partial charge >= 0.3 is 0 Å². The number of rotatable bonds is 6. The first-order valence-corrected chi connectivity index (χ1v) is 7.71. The second kappa shape index (κ2) is 7.22. The molecule has 0 saturated heterocycles. The zero-order chi connectivity index (χ0) is 15.2. The molecule has 2 rings (SSSR count). The summed E-state index contributed by atoms with van der Waals surface area (Å²) < 4.78 is 19.1. The van der Waals surface area contributed by atoms with Crippen LogP contribution in [0.15, 0.2) is 35.7 Å². The number of thiophene rings is 1. The fourth-order valence-corrected chi connectivity index (χ4v) is 2.48. The van der Waals surface area contributed by atoms with Gasteiger partial charge in [-0.3, -0.25) is 4.79 Å². The van der Waals surface area contributed by atoms with Crippen LogP contribution in [0.1, 0.15) is 23.8 Å². The van der Waals surface area contributed by atoms with E-state index >= 15 is 0 Å². The number of carbonyl (C=O) groups excluding carboxylic acids is 1. The number of aryl methyl sites for hydroxylation is 1. The third-order valence-electron chi connectivity index (χ3n) is 3.10. The lowest BCUT2D eigenvalue weighted by molar-refractivity contribution is -0.128. The smallest absolute Gasteiger partial charge is 0.261 e. The van der Waals surface area contributed by atoms with E-state index in [0.29, 0.717) is 24.3 Å². The molecule has 0 spiro atoms. The van der Waals surface area contributed by atoms with Crippen molar-refractivity contribution >= 4 is 17.2 Å². The van der Waals surface area contributed by atoms with Gasteiger partial charge in [0.2, 0.25) is 0 Å². The average molecular weight is 307 g/mol. The molecule has 0 bridgehead atoms. The van der Waals surface area contributed by atoms with Gasteiger partial charge in [-0.25, -0.2) is 4.39 Å². The largest absolute Gasteiger partial charge is 0.481 e. The number of hydrogen-bond acceptors (Lipinski definition) is 3. The van der Waals surface area contributed by atoms with Crippen LogP contribution in [0.3, 0.4) is 0 Å². The van der Waals surface area contributed by atoms with Crippen LogP contribution in [0.2, 0.25) is 0 Å². The van der Waals surface area contributed by atoms with Crippen LogP contribution in [0, 0.1) is 12.7 Å². The van der Waals surface area contributed by atoms with Gasteiger partial charge in [-0.15, -0.1) is 11.3 Å². The molecule has 1 unspecified atom stereocenters. The van der Waals surface area contributed by atoms with Gasteiger partial charge in [-0.1, -0.05) is 19.1 Å². The minimum atomic E-state index is -0.618. The van der Waals surface area contributed by atoms with E-state index in [4.69, 9.17) is 4.74 Å². The van der Waals surface area contributed by atoms with Crippen LogP contribution in [0.25, 0.3) is 0 Å². The van der Waals surface area contributed by atoms with Gasteiger partial charge in [0.1, 0.15) is 11.6 Å². The van der Waals surface area contributed by atoms with Crippen LogP contribution >= 0.6 is 11.3 Å². The van der Waals surface area contributed by atoms with Crippen molar-refractivity contribution in [3.63, 3.8) is 0 Å². The minimum absolute atomic E-state index is 0.188. The molecular weight excluding hydrogens is 289 g/mol. The molecule has 0 aliphatic carbocycles. The molecule has 2 aromatic rings. The van der Waals surface area contributed by atoms with Crippen molar-refractivity contribution in [1.82, 2.24) is 5.32 Å². The monoisotopic (exact) mass is 307 g/mol. The molecule has 0 radical (unpaired) electrons. The van der Waals surface area contributed by atoms with Gasteiger partial charge in [-0.2, -0.15) is 0 Å². The number of benzene rings is 1. The molecular formula is C16H18FNO2S. The Kier molecular flexibility index (Phi) is 5.33. The summed E-state index contributed by atoms with van der Waals surface area (Å²) in [6.07, 6.45) is -0.0988. The van der Waals surface area contributed by atoms with Crippen molar-refractivity contribution in [2.75, 3.05) is 0 Å². The first-order chi connectivity index (χ1) is 10.1. The van der Waals surface area contributed by atoms with Crippen molar-refractivity contribution in [1.29, 1.82) is 0 Å². The number of halogens is 1. The number of nitrogens with one attached hydrogen (secondary N) is 1. The quantitative estimate of drug-likeness (QED) is 0.884. The van der Waals surface area contributed by atoms with Gasteiger partial charge in [0.05, 0.1) is 6.54 Å². The molecule has 0 fully saturated rings. The zero-order valence-corrected chi connectivity index (χ0v) is 12.9. The average Bonchev–Trinajstić information content (AvgIpc) is 2.99. The van der Waals surface area contributed by atoms with E-state index in [1.165, 1.54) is 6.07 Å². The standard InChI is InChI=1S/C16H18FNO2S/c1-3-15(16(19)18-10-13-5-4-8-21-13)20-12-7-6-11(2)14(17)9-12/h4-9,15H,3,10H2,1-2H3,(H,18,19). The molecule has 1 aromatic carbocycles. The van der Waals surface area contributed by atoms with Crippen LogP contribution in [-0.4, -0.2) is 12.0 Å². The molecule has 0 aliphatic heterocycles. The summed E-state index contributed by atoms with van der Waals surface area (Å²) in [6, 6.07) is 8.52. The van der Waals surface area contributed by atoms with E-state index in [0.717, 1.165) is 4.88 Å². The predicted molar refractivity (Wildman–Crippen MR) is 82.0 cm³/mol. The molecule has 1 N–H and O–H groups in total. The first kappa shape index (κ1) is 15.5. The van der Waals surface area contributed by atoms with Crippen molar-refractivity contribution < 1.29 is 13.9 Å².